The fourth-order valence-electron chi connectivity index (χ4n) is 2.27. The molecule has 0 saturated carbocycles. The average Bonchev–Trinajstić information content (AvgIpc) is 2.94. The lowest BCUT2D eigenvalue weighted by atomic mass is 10.3. The maximum Gasteiger partial charge on any atom is 0.332 e. The summed E-state index contributed by atoms with van der Waals surface area (Å²) in [5, 5.41) is 0. The fourth-order valence-corrected chi connectivity index (χ4v) is 2.27. The van der Waals surface area contributed by atoms with Crippen molar-refractivity contribution in [2.75, 3.05) is 0 Å². The zero-order chi connectivity index (χ0) is 18.0. The molecule has 1 amide bonds. The smallest absolute Gasteiger partial charge is 0.332 e. The molecule has 2 rings (SSSR count). The Labute approximate surface area is 136 Å². The van der Waals surface area contributed by atoms with Gasteiger partial charge >= 0.3 is 11.7 Å². The minimum atomic E-state index is -0.978. The van der Waals surface area contributed by atoms with Gasteiger partial charge in [-0.1, -0.05) is 0 Å². The average molecular weight is 337 g/mol. The number of primary amides is 1. The summed E-state index contributed by atoms with van der Waals surface area (Å²) >= 11 is 0. The van der Waals surface area contributed by atoms with Crippen molar-refractivity contribution in [1.82, 2.24) is 18.7 Å². The number of aromatic nitrogens is 4. The van der Waals surface area contributed by atoms with Crippen molar-refractivity contribution in [2.24, 2.45) is 19.8 Å². The predicted molar refractivity (Wildman–Crippen MR) is 84.2 cm³/mol. The number of nitrogens with zero attached hydrogens (tertiary/aromatic N) is 4. The van der Waals surface area contributed by atoms with Gasteiger partial charge < -0.3 is 15.0 Å². The molecule has 2 aromatic heterocycles. The third-order valence-electron chi connectivity index (χ3n) is 3.71. The number of esters is 1. The summed E-state index contributed by atoms with van der Waals surface area (Å²) in [4.78, 5) is 50.6. The molecule has 0 aliphatic heterocycles. The van der Waals surface area contributed by atoms with E-state index in [-0.39, 0.29) is 12.1 Å². The third kappa shape index (κ3) is 3.21. The summed E-state index contributed by atoms with van der Waals surface area (Å²) < 4.78 is 8.72. The quantitative estimate of drug-likeness (QED) is 0.647. The van der Waals surface area contributed by atoms with Crippen molar-refractivity contribution in [3.05, 3.63) is 27.2 Å². The van der Waals surface area contributed by atoms with Gasteiger partial charge in [-0.3, -0.25) is 23.5 Å². The van der Waals surface area contributed by atoms with Crippen LogP contribution in [0.4, 0.5) is 0 Å². The molecule has 2 aromatic rings. The van der Waals surface area contributed by atoms with E-state index in [4.69, 9.17) is 10.5 Å². The Morgan fingerprint density at radius 1 is 1.29 bits per heavy atom. The standard InChI is InChI=1S/C14H19N5O5/c1-8(11(15)21)24-9(20)5-4-6-19-7-16-12-10(19)13(22)18(3)14(23)17(12)2/h7-8H,4-6H2,1-3H3,(H2,15,21)/t8-/m0/s1. The first-order chi connectivity index (χ1) is 11.2. The number of ether oxygens (including phenoxy) is 1. The molecule has 2 N–H and O–H groups in total. The van der Waals surface area contributed by atoms with Crippen molar-refractivity contribution < 1.29 is 14.3 Å². The van der Waals surface area contributed by atoms with Crippen molar-refractivity contribution in [2.45, 2.75) is 32.4 Å². The molecule has 10 nitrogen and oxygen atoms in total. The first-order valence-corrected chi connectivity index (χ1v) is 7.33. The van der Waals surface area contributed by atoms with Crippen LogP contribution in [-0.4, -0.2) is 36.7 Å². The van der Waals surface area contributed by atoms with Gasteiger partial charge in [0, 0.05) is 27.1 Å². The van der Waals surface area contributed by atoms with E-state index >= 15 is 0 Å². The van der Waals surface area contributed by atoms with Crippen LogP contribution in [0.5, 0.6) is 0 Å². The Morgan fingerprint density at radius 2 is 1.96 bits per heavy atom. The van der Waals surface area contributed by atoms with Crippen LogP contribution in [0.1, 0.15) is 19.8 Å². The van der Waals surface area contributed by atoms with Crippen LogP contribution in [-0.2, 0) is 35.0 Å². The Morgan fingerprint density at radius 3 is 2.58 bits per heavy atom. The Bertz CT molecular complexity index is 907. The lowest BCUT2D eigenvalue weighted by Crippen LogP contribution is -2.37. The molecule has 24 heavy (non-hydrogen) atoms. The maximum absolute atomic E-state index is 12.2. The van der Waals surface area contributed by atoms with E-state index in [1.54, 1.807) is 4.57 Å². The molecule has 0 aliphatic rings. The summed E-state index contributed by atoms with van der Waals surface area (Å²) in [7, 11) is 2.92. The number of fused-ring (bicyclic) bond motifs is 1. The lowest BCUT2D eigenvalue weighted by Gasteiger charge is -2.10. The molecular weight excluding hydrogens is 318 g/mol. The summed E-state index contributed by atoms with van der Waals surface area (Å²) in [6.07, 6.45) is 0.905. The molecule has 0 fully saturated rings. The lowest BCUT2D eigenvalue weighted by molar-refractivity contribution is -0.153. The zero-order valence-electron chi connectivity index (χ0n) is 13.7. The number of hydrogen-bond acceptors (Lipinski definition) is 6. The molecule has 0 spiro atoms. The van der Waals surface area contributed by atoms with E-state index in [1.807, 2.05) is 0 Å². The topological polar surface area (TPSA) is 131 Å². The largest absolute Gasteiger partial charge is 0.453 e. The van der Waals surface area contributed by atoms with E-state index in [2.05, 4.69) is 4.98 Å². The molecule has 130 valence electrons. The van der Waals surface area contributed by atoms with Crippen LogP contribution in [0.15, 0.2) is 15.9 Å². The zero-order valence-corrected chi connectivity index (χ0v) is 13.7. The van der Waals surface area contributed by atoms with Gasteiger partial charge in [-0.15, -0.1) is 0 Å². The molecule has 0 unspecified atom stereocenters. The van der Waals surface area contributed by atoms with Crippen molar-refractivity contribution >= 4 is 23.0 Å². The number of carbonyl (C=O) groups excluding carboxylic acids is 2. The van der Waals surface area contributed by atoms with E-state index in [0.29, 0.717) is 18.5 Å². The first kappa shape index (κ1) is 17.4. The van der Waals surface area contributed by atoms with Gasteiger partial charge in [0.2, 0.25) is 0 Å². The molecule has 2 heterocycles. The van der Waals surface area contributed by atoms with Gasteiger partial charge in [-0.2, -0.15) is 0 Å². The highest BCUT2D eigenvalue weighted by Gasteiger charge is 2.16. The first-order valence-electron chi connectivity index (χ1n) is 7.33. The number of amides is 1. The van der Waals surface area contributed by atoms with Crippen molar-refractivity contribution in [1.29, 1.82) is 0 Å². The van der Waals surface area contributed by atoms with Crippen LogP contribution < -0.4 is 17.0 Å². The normalized spacial score (nSPS) is 12.3. The molecule has 0 radical (unpaired) electrons. The van der Waals surface area contributed by atoms with Crippen LogP contribution in [0.3, 0.4) is 0 Å². The van der Waals surface area contributed by atoms with E-state index in [1.165, 1.54) is 31.9 Å². The van der Waals surface area contributed by atoms with Gasteiger partial charge in [0.1, 0.15) is 0 Å². The summed E-state index contributed by atoms with van der Waals surface area (Å²) in [5.74, 6) is -1.26. The highest BCUT2D eigenvalue weighted by atomic mass is 16.5. The molecule has 1 atom stereocenters. The number of rotatable bonds is 6. The predicted octanol–water partition coefficient (Wildman–Crippen LogP) is -1.37. The molecule has 0 aromatic carbocycles. The number of nitrogens with two attached hydrogens (primary N) is 1. The second kappa shape index (κ2) is 6.69. The maximum atomic E-state index is 12.2. The Hall–Kier alpha value is -2.91. The fraction of sp³-hybridized carbons (Fsp3) is 0.500. The second-order valence-electron chi connectivity index (χ2n) is 5.45. The monoisotopic (exact) mass is 337 g/mol. The number of aryl methyl sites for hydroxylation is 2. The van der Waals surface area contributed by atoms with Gasteiger partial charge in [0.25, 0.3) is 11.5 Å². The van der Waals surface area contributed by atoms with Crippen LogP contribution >= 0.6 is 0 Å². The van der Waals surface area contributed by atoms with E-state index < -0.39 is 29.2 Å². The van der Waals surface area contributed by atoms with Crippen molar-refractivity contribution in [3.8, 4) is 0 Å². The minimum absolute atomic E-state index is 0.0589. The van der Waals surface area contributed by atoms with Gasteiger partial charge in [-0.25, -0.2) is 9.78 Å². The molecule has 0 saturated heterocycles. The summed E-state index contributed by atoms with van der Waals surface area (Å²) in [6.45, 7) is 1.73. The highest BCUT2D eigenvalue weighted by molar-refractivity contribution is 5.81. The van der Waals surface area contributed by atoms with Gasteiger partial charge in [0.05, 0.1) is 6.33 Å². The van der Waals surface area contributed by atoms with E-state index in [0.717, 1.165) is 4.57 Å². The van der Waals surface area contributed by atoms with Crippen LogP contribution in [0.2, 0.25) is 0 Å². The van der Waals surface area contributed by atoms with Gasteiger partial charge in [-0.05, 0) is 13.3 Å². The number of carbonyl (C=O) groups is 2. The molecule has 10 heteroatoms. The molecule has 0 bridgehead atoms. The van der Waals surface area contributed by atoms with Crippen LogP contribution in [0.25, 0.3) is 11.2 Å². The third-order valence-corrected chi connectivity index (χ3v) is 3.71. The SMILES string of the molecule is C[C@H](OC(=O)CCCn1cnc2c1c(=O)n(C)c(=O)n2C)C(N)=O. The van der Waals surface area contributed by atoms with Crippen molar-refractivity contribution in [3.63, 3.8) is 0 Å². The molecule has 0 aliphatic carbocycles. The number of imidazole rings is 1. The Balaban J connectivity index is 2.12. The summed E-state index contributed by atoms with van der Waals surface area (Å²) in [5.41, 5.74) is 4.69. The Kier molecular flexibility index (Phi) is 4.86. The molecular formula is C14H19N5O5. The van der Waals surface area contributed by atoms with Gasteiger partial charge in [0.15, 0.2) is 17.3 Å². The second-order valence-corrected chi connectivity index (χ2v) is 5.45. The highest BCUT2D eigenvalue weighted by Crippen LogP contribution is 2.08. The minimum Gasteiger partial charge on any atom is -0.453 e. The number of hydrogen-bond donors (Lipinski definition) is 1. The summed E-state index contributed by atoms with van der Waals surface area (Å²) in [6, 6.07) is 0. The van der Waals surface area contributed by atoms with Crippen LogP contribution in [0, 0.1) is 0 Å². The van der Waals surface area contributed by atoms with E-state index in [9.17, 15) is 19.2 Å².